The van der Waals surface area contributed by atoms with E-state index >= 15 is 0 Å². The Hall–Kier alpha value is -2.21. The van der Waals surface area contributed by atoms with Gasteiger partial charge in [0, 0.05) is 0 Å². The number of carboxylic acid groups (broad SMARTS) is 1. The predicted molar refractivity (Wildman–Crippen MR) is 72.9 cm³/mol. The van der Waals surface area contributed by atoms with Gasteiger partial charge in [-0.25, -0.2) is 4.79 Å². The van der Waals surface area contributed by atoms with Crippen LogP contribution in [0.15, 0.2) is 23.8 Å². The molecule has 0 saturated carbocycles. The van der Waals surface area contributed by atoms with E-state index in [2.05, 4.69) is 10.3 Å². The molecule has 1 aromatic carbocycles. The number of hydrogen-bond acceptors (Lipinski definition) is 4. The molecule has 2 N–H and O–H groups in total. The number of rotatable bonds is 3. The Morgan fingerprint density at radius 2 is 2.05 bits per heavy atom. The van der Waals surface area contributed by atoms with Gasteiger partial charge in [-0.1, -0.05) is 6.07 Å². The fourth-order valence-electron chi connectivity index (χ4n) is 1.81. The topological polar surface area (TPSA) is 79.3 Å². The Labute approximate surface area is 113 Å². The maximum atomic E-state index is 12.0. The van der Waals surface area contributed by atoms with Crippen LogP contribution in [0.1, 0.15) is 31.2 Å². The molecule has 1 aromatic heterocycles. The zero-order valence-electron chi connectivity index (χ0n) is 10.4. The average Bonchev–Trinajstić information content (AvgIpc) is 2.85. The van der Waals surface area contributed by atoms with Crippen LogP contribution in [0.5, 0.6) is 0 Å². The number of aromatic carboxylic acids is 1. The van der Waals surface area contributed by atoms with Crippen molar-refractivity contribution >= 4 is 28.9 Å². The van der Waals surface area contributed by atoms with Gasteiger partial charge in [0.15, 0.2) is 0 Å². The third-order valence-corrected chi connectivity index (χ3v) is 3.38. The fourth-order valence-corrected chi connectivity index (χ4v) is 2.32. The molecule has 2 aromatic rings. The number of amides is 1. The molecule has 0 aliphatic heterocycles. The number of carbonyl (C=O) groups excluding carboxylic acids is 1. The third-order valence-electron chi connectivity index (χ3n) is 2.60. The SMILES string of the molecule is Cc1cc(C)c(NC(=O)c2cncs2)c(C(=O)O)c1. The van der Waals surface area contributed by atoms with Gasteiger partial charge in [-0.3, -0.25) is 9.78 Å². The van der Waals surface area contributed by atoms with Gasteiger partial charge in [-0.05, 0) is 31.0 Å². The van der Waals surface area contributed by atoms with Crippen molar-refractivity contribution in [1.82, 2.24) is 4.98 Å². The number of aryl methyl sites for hydroxylation is 2. The maximum absolute atomic E-state index is 12.0. The lowest BCUT2D eigenvalue weighted by molar-refractivity contribution is 0.0698. The second-order valence-electron chi connectivity index (χ2n) is 4.13. The van der Waals surface area contributed by atoms with E-state index < -0.39 is 5.97 Å². The first-order valence-corrected chi connectivity index (χ1v) is 6.41. The third kappa shape index (κ3) is 2.79. The zero-order chi connectivity index (χ0) is 14.0. The minimum absolute atomic E-state index is 0.0929. The highest BCUT2D eigenvalue weighted by Gasteiger charge is 2.17. The molecule has 5 nitrogen and oxygen atoms in total. The van der Waals surface area contributed by atoms with E-state index in [-0.39, 0.29) is 11.5 Å². The highest BCUT2D eigenvalue weighted by atomic mass is 32.1. The van der Waals surface area contributed by atoms with Crippen molar-refractivity contribution in [3.63, 3.8) is 0 Å². The van der Waals surface area contributed by atoms with Crippen molar-refractivity contribution in [3.8, 4) is 0 Å². The first kappa shape index (κ1) is 13.2. The van der Waals surface area contributed by atoms with Crippen molar-refractivity contribution in [2.24, 2.45) is 0 Å². The number of aromatic nitrogens is 1. The van der Waals surface area contributed by atoms with Crippen molar-refractivity contribution in [2.45, 2.75) is 13.8 Å². The van der Waals surface area contributed by atoms with Crippen LogP contribution in [-0.4, -0.2) is 22.0 Å². The minimum atomic E-state index is -1.06. The molecule has 19 heavy (non-hydrogen) atoms. The van der Waals surface area contributed by atoms with Crippen LogP contribution >= 0.6 is 11.3 Å². The quantitative estimate of drug-likeness (QED) is 0.903. The molecule has 0 fully saturated rings. The number of anilines is 1. The second kappa shape index (κ2) is 5.19. The molecule has 0 saturated heterocycles. The van der Waals surface area contributed by atoms with Crippen LogP contribution in [0.4, 0.5) is 5.69 Å². The van der Waals surface area contributed by atoms with Crippen LogP contribution < -0.4 is 5.32 Å². The second-order valence-corrected chi connectivity index (χ2v) is 5.02. The Bertz CT molecular complexity index is 636. The molecule has 0 unspecified atom stereocenters. The largest absolute Gasteiger partial charge is 0.478 e. The molecule has 0 radical (unpaired) electrons. The summed E-state index contributed by atoms with van der Waals surface area (Å²) in [6.45, 7) is 3.58. The van der Waals surface area contributed by atoms with Crippen molar-refractivity contribution < 1.29 is 14.7 Å². The number of thiazole rings is 1. The van der Waals surface area contributed by atoms with Crippen LogP contribution in [0.3, 0.4) is 0 Å². The lowest BCUT2D eigenvalue weighted by Crippen LogP contribution is -2.15. The van der Waals surface area contributed by atoms with E-state index in [1.165, 1.54) is 23.6 Å². The van der Waals surface area contributed by atoms with Crippen LogP contribution in [0.2, 0.25) is 0 Å². The zero-order valence-corrected chi connectivity index (χ0v) is 11.2. The summed E-state index contributed by atoms with van der Waals surface area (Å²) in [7, 11) is 0. The van der Waals surface area contributed by atoms with Gasteiger partial charge < -0.3 is 10.4 Å². The van der Waals surface area contributed by atoms with Crippen LogP contribution in [0.25, 0.3) is 0 Å². The molecule has 6 heteroatoms. The monoisotopic (exact) mass is 276 g/mol. The molecular weight excluding hydrogens is 264 g/mol. The molecule has 2 rings (SSSR count). The number of hydrogen-bond donors (Lipinski definition) is 2. The van der Waals surface area contributed by atoms with Crippen molar-refractivity contribution in [2.75, 3.05) is 5.32 Å². The van der Waals surface area contributed by atoms with Crippen molar-refractivity contribution in [1.29, 1.82) is 0 Å². The number of nitrogens with zero attached hydrogens (tertiary/aromatic N) is 1. The van der Waals surface area contributed by atoms with E-state index in [1.807, 2.05) is 13.0 Å². The Morgan fingerprint density at radius 3 is 2.63 bits per heavy atom. The molecule has 0 spiro atoms. The molecule has 98 valence electrons. The normalized spacial score (nSPS) is 10.2. The highest BCUT2D eigenvalue weighted by Crippen LogP contribution is 2.24. The Morgan fingerprint density at radius 1 is 1.32 bits per heavy atom. The van der Waals surface area contributed by atoms with Crippen LogP contribution in [0, 0.1) is 13.8 Å². The smallest absolute Gasteiger partial charge is 0.337 e. The summed E-state index contributed by atoms with van der Waals surface area (Å²) in [5.41, 5.74) is 3.53. The number of benzene rings is 1. The fraction of sp³-hybridized carbons (Fsp3) is 0.154. The first-order valence-electron chi connectivity index (χ1n) is 5.53. The lowest BCUT2D eigenvalue weighted by atomic mass is 10.0. The number of carbonyl (C=O) groups is 2. The van der Waals surface area contributed by atoms with Gasteiger partial charge in [-0.15, -0.1) is 11.3 Å². The Kier molecular flexibility index (Phi) is 3.62. The summed E-state index contributed by atoms with van der Waals surface area (Å²) < 4.78 is 0. The van der Waals surface area contributed by atoms with E-state index in [9.17, 15) is 14.7 Å². The van der Waals surface area contributed by atoms with Gasteiger partial charge in [0.2, 0.25) is 0 Å². The summed E-state index contributed by atoms with van der Waals surface area (Å²) in [4.78, 5) is 27.4. The summed E-state index contributed by atoms with van der Waals surface area (Å²) in [6, 6.07) is 3.37. The van der Waals surface area contributed by atoms with E-state index in [4.69, 9.17) is 0 Å². The summed E-state index contributed by atoms with van der Waals surface area (Å²) >= 11 is 1.20. The molecule has 0 aliphatic rings. The van der Waals surface area contributed by atoms with Gasteiger partial charge in [0.05, 0.1) is 23.0 Å². The molecule has 0 atom stereocenters. The van der Waals surface area contributed by atoms with Gasteiger partial charge in [0.25, 0.3) is 5.91 Å². The van der Waals surface area contributed by atoms with E-state index in [1.54, 1.807) is 12.4 Å². The van der Waals surface area contributed by atoms with Gasteiger partial charge in [-0.2, -0.15) is 0 Å². The predicted octanol–water partition coefficient (Wildman–Crippen LogP) is 2.71. The summed E-state index contributed by atoms with van der Waals surface area (Å²) in [5, 5.41) is 11.8. The standard InChI is InChI=1S/C13H12N2O3S/c1-7-3-8(2)11(9(4-7)13(17)18)15-12(16)10-5-14-6-19-10/h3-6H,1-2H3,(H,15,16)(H,17,18). The van der Waals surface area contributed by atoms with Gasteiger partial charge >= 0.3 is 5.97 Å². The molecule has 1 amide bonds. The summed E-state index contributed by atoms with van der Waals surface area (Å²) in [5.74, 6) is -1.41. The Balaban J connectivity index is 2.39. The molecule has 0 aliphatic carbocycles. The highest BCUT2D eigenvalue weighted by molar-refractivity contribution is 7.11. The maximum Gasteiger partial charge on any atom is 0.337 e. The lowest BCUT2D eigenvalue weighted by Gasteiger charge is -2.12. The van der Waals surface area contributed by atoms with E-state index in [0.29, 0.717) is 10.6 Å². The van der Waals surface area contributed by atoms with E-state index in [0.717, 1.165) is 11.1 Å². The van der Waals surface area contributed by atoms with Crippen LogP contribution in [-0.2, 0) is 0 Å². The molecule has 1 heterocycles. The number of nitrogens with one attached hydrogen (secondary N) is 1. The van der Waals surface area contributed by atoms with Crippen molar-refractivity contribution in [3.05, 3.63) is 45.4 Å². The molecular formula is C13H12N2O3S. The van der Waals surface area contributed by atoms with Gasteiger partial charge in [0.1, 0.15) is 4.88 Å². The summed E-state index contributed by atoms with van der Waals surface area (Å²) in [6.07, 6.45) is 1.45. The minimum Gasteiger partial charge on any atom is -0.478 e. The number of carboxylic acids is 1. The molecule has 0 bridgehead atoms. The average molecular weight is 276 g/mol. The first-order chi connectivity index (χ1) is 8.99.